The quantitative estimate of drug-likeness (QED) is 0.848. The van der Waals surface area contributed by atoms with Crippen LogP contribution in [-0.2, 0) is 4.79 Å². The zero-order valence-corrected chi connectivity index (χ0v) is 10.6. The van der Waals surface area contributed by atoms with Gasteiger partial charge in [-0.05, 0) is 18.9 Å². The molecule has 18 heavy (non-hydrogen) atoms. The number of nitrogens with one attached hydrogen (secondary N) is 1. The van der Waals surface area contributed by atoms with Crippen molar-refractivity contribution in [2.24, 2.45) is 11.1 Å². The number of aromatic nitrogens is 1. The zero-order valence-electron chi connectivity index (χ0n) is 10.6. The molecule has 98 valence electrons. The maximum absolute atomic E-state index is 12.3. The molecule has 1 aromatic heterocycles. The van der Waals surface area contributed by atoms with Crippen LogP contribution < -0.4 is 15.8 Å². The Bertz CT molecular complexity index is 411. The van der Waals surface area contributed by atoms with E-state index in [4.69, 9.17) is 10.5 Å². The molecule has 1 aliphatic carbocycles. The van der Waals surface area contributed by atoms with Gasteiger partial charge in [0.2, 0.25) is 11.8 Å². The number of hydrogen-bond donors (Lipinski definition) is 2. The molecule has 0 bridgehead atoms. The molecular formula is C13H19N3O2. The van der Waals surface area contributed by atoms with Gasteiger partial charge in [0.25, 0.3) is 0 Å². The van der Waals surface area contributed by atoms with Gasteiger partial charge < -0.3 is 15.8 Å². The highest BCUT2D eigenvalue weighted by atomic mass is 16.5. The van der Waals surface area contributed by atoms with Crippen molar-refractivity contribution in [3.63, 3.8) is 0 Å². The number of amides is 1. The van der Waals surface area contributed by atoms with Crippen LogP contribution in [0.4, 0.5) is 5.69 Å². The third-order valence-electron chi connectivity index (χ3n) is 3.64. The summed E-state index contributed by atoms with van der Waals surface area (Å²) in [5.41, 5.74) is 6.06. The minimum atomic E-state index is -0.389. The number of methoxy groups -OCH3 is 1. The third-order valence-corrected chi connectivity index (χ3v) is 3.64. The molecule has 5 heteroatoms. The van der Waals surface area contributed by atoms with Crippen molar-refractivity contribution in [2.75, 3.05) is 19.0 Å². The molecule has 1 amide bonds. The SMILES string of the molecule is COc1ccc(NC(=O)C2(CN)CCCC2)cn1. The number of hydrogen-bond acceptors (Lipinski definition) is 4. The van der Waals surface area contributed by atoms with Crippen molar-refractivity contribution in [1.29, 1.82) is 0 Å². The highest BCUT2D eigenvalue weighted by molar-refractivity contribution is 5.95. The van der Waals surface area contributed by atoms with E-state index in [2.05, 4.69) is 10.3 Å². The Morgan fingerprint density at radius 2 is 2.22 bits per heavy atom. The lowest BCUT2D eigenvalue weighted by Crippen LogP contribution is -2.40. The summed E-state index contributed by atoms with van der Waals surface area (Å²) in [6.45, 7) is 0.405. The molecule has 1 saturated carbocycles. The Kier molecular flexibility index (Phi) is 3.81. The first-order valence-corrected chi connectivity index (χ1v) is 6.22. The Morgan fingerprint density at radius 1 is 1.50 bits per heavy atom. The van der Waals surface area contributed by atoms with Crippen molar-refractivity contribution in [3.05, 3.63) is 18.3 Å². The summed E-state index contributed by atoms with van der Waals surface area (Å²) in [7, 11) is 1.56. The van der Waals surface area contributed by atoms with Crippen molar-refractivity contribution in [2.45, 2.75) is 25.7 Å². The van der Waals surface area contributed by atoms with Crippen molar-refractivity contribution in [3.8, 4) is 5.88 Å². The van der Waals surface area contributed by atoms with Gasteiger partial charge in [0.1, 0.15) is 0 Å². The van der Waals surface area contributed by atoms with E-state index < -0.39 is 0 Å². The zero-order chi connectivity index (χ0) is 13.0. The van der Waals surface area contributed by atoms with E-state index in [1.807, 2.05) is 0 Å². The molecule has 0 radical (unpaired) electrons. The lowest BCUT2D eigenvalue weighted by atomic mass is 9.85. The predicted octanol–water partition coefficient (Wildman–Crippen LogP) is 1.55. The van der Waals surface area contributed by atoms with E-state index in [0.717, 1.165) is 25.7 Å². The van der Waals surface area contributed by atoms with Crippen molar-refractivity contribution in [1.82, 2.24) is 4.98 Å². The first kappa shape index (κ1) is 12.8. The fourth-order valence-corrected chi connectivity index (χ4v) is 2.41. The number of nitrogens with two attached hydrogens (primary N) is 1. The van der Waals surface area contributed by atoms with Gasteiger partial charge in [-0.3, -0.25) is 4.79 Å². The van der Waals surface area contributed by atoms with Crippen molar-refractivity contribution >= 4 is 11.6 Å². The topological polar surface area (TPSA) is 77.2 Å². The van der Waals surface area contributed by atoms with Gasteiger partial charge in [0, 0.05) is 12.6 Å². The molecule has 2 rings (SSSR count). The normalized spacial score (nSPS) is 17.4. The predicted molar refractivity (Wildman–Crippen MR) is 69.4 cm³/mol. The van der Waals surface area contributed by atoms with Crippen LogP contribution >= 0.6 is 0 Å². The Labute approximate surface area is 107 Å². The minimum Gasteiger partial charge on any atom is -0.481 e. The third kappa shape index (κ3) is 2.46. The average molecular weight is 249 g/mol. The number of ether oxygens (including phenoxy) is 1. The van der Waals surface area contributed by atoms with E-state index in [1.165, 1.54) is 0 Å². The number of nitrogens with zero attached hydrogens (tertiary/aromatic N) is 1. The lowest BCUT2D eigenvalue weighted by Gasteiger charge is -2.25. The number of rotatable bonds is 4. The molecule has 0 spiro atoms. The highest BCUT2D eigenvalue weighted by Crippen LogP contribution is 2.38. The second kappa shape index (κ2) is 5.35. The maximum Gasteiger partial charge on any atom is 0.231 e. The summed E-state index contributed by atoms with van der Waals surface area (Å²) in [4.78, 5) is 16.3. The average Bonchev–Trinajstić information content (AvgIpc) is 2.89. The molecule has 1 heterocycles. The summed E-state index contributed by atoms with van der Waals surface area (Å²) in [5.74, 6) is 0.539. The van der Waals surface area contributed by atoms with Crippen LogP contribution in [0.25, 0.3) is 0 Å². The van der Waals surface area contributed by atoms with Gasteiger partial charge in [0.15, 0.2) is 0 Å². The monoisotopic (exact) mass is 249 g/mol. The molecule has 0 atom stereocenters. The van der Waals surface area contributed by atoms with Gasteiger partial charge in [-0.2, -0.15) is 0 Å². The van der Waals surface area contributed by atoms with Gasteiger partial charge in [0.05, 0.1) is 24.4 Å². The minimum absolute atomic E-state index is 0.00877. The summed E-state index contributed by atoms with van der Waals surface area (Å²) >= 11 is 0. The molecule has 0 saturated heterocycles. The van der Waals surface area contributed by atoms with Gasteiger partial charge in [-0.1, -0.05) is 12.8 Å². The van der Waals surface area contributed by atoms with Gasteiger partial charge >= 0.3 is 0 Å². The molecule has 3 N–H and O–H groups in total. The van der Waals surface area contributed by atoms with Gasteiger partial charge in [-0.25, -0.2) is 4.98 Å². The molecular weight excluding hydrogens is 230 g/mol. The Hall–Kier alpha value is -1.62. The van der Waals surface area contributed by atoms with Crippen LogP contribution in [0.2, 0.25) is 0 Å². The smallest absolute Gasteiger partial charge is 0.231 e. The van der Waals surface area contributed by atoms with Crippen LogP contribution in [-0.4, -0.2) is 24.5 Å². The molecule has 1 aromatic rings. The molecule has 1 aliphatic rings. The van der Waals surface area contributed by atoms with E-state index >= 15 is 0 Å². The van der Waals surface area contributed by atoms with Crippen LogP contribution in [0, 0.1) is 5.41 Å². The molecule has 0 unspecified atom stereocenters. The standard InChI is InChI=1S/C13H19N3O2/c1-18-11-5-4-10(8-15-11)16-12(17)13(9-14)6-2-3-7-13/h4-5,8H,2-3,6-7,9,14H2,1H3,(H,16,17). The number of pyridine rings is 1. The summed E-state index contributed by atoms with van der Waals surface area (Å²) in [5, 5.41) is 2.89. The van der Waals surface area contributed by atoms with Crippen LogP contribution in [0.1, 0.15) is 25.7 Å². The first-order chi connectivity index (χ1) is 8.70. The van der Waals surface area contributed by atoms with E-state index in [1.54, 1.807) is 25.4 Å². The Balaban J connectivity index is 2.05. The fourth-order valence-electron chi connectivity index (χ4n) is 2.41. The molecule has 0 aliphatic heterocycles. The lowest BCUT2D eigenvalue weighted by molar-refractivity contribution is -0.124. The largest absolute Gasteiger partial charge is 0.481 e. The first-order valence-electron chi connectivity index (χ1n) is 6.22. The second-order valence-corrected chi connectivity index (χ2v) is 4.73. The molecule has 0 aromatic carbocycles. The number of carbonyl (C=O) groups is 1. The van der Waals surface area contributed by atoms with Crippen LogP contribution in [0.3, 0.4) is 0 Å². The highest BCUT2D eigenvalue weighted by Gasteiger charge is 2.39. The van der Waals surface area contributed by atoms with Crippen LogP contribution in [0.5, 0.6) is 5.88 Å². The van der Waals surface area contributed by atoms with Gasteiger partial charge in [-0.15, -0.1) is 0 Å². The molecule has 1 fully saturated rings. The fraction of sp³-hybridized carbons (Fsp3) is 0.538. The van der Waals surface area contributed by atoms with E-state index in [-0.39, 0.29) is 11.3 Å². The van der Waals surface area contributed by atoms with E-state index in [0.29, 0.717) is 18.1 Å². The van der Waals surface area contributed by atoms with Crippen LogP contribution in [0.15, 0.2) is 18.3 Å². The second-order valence-electron chi connectivity index (χ2n) is 4.73. The maximum atomic E-state index is 12.3. The molecule has 5 nitrogen and oxygen atoms in total. The number of anilines is 1. The van der Waals surface area contributed by atoms with E-state index in [9.17, 15) is 4.79 Å². The Morgan fingerprint density at radius 3 is 2.72 bits per heavy atom. The summed E-state index contributed by atoms with van der Waals surface area (Å²) in [6.07, 6.45) is 5.49. The summed E-state index contributed by atoms with van der Waals surface area (Å²) < 4.78 is 4.97. The summed E-state index contributed by atoms with van der Waals surface area (Å²) in [6, 6.07) is 3.50. The van der Waals surface area contributed by atoms with Crippen molar-refractivity contribution < 1.29 is 9.53 Å². The number of carbonyl (C=O) groups excluding carboxylic acids is 1.